The Kier molecular flexibility index (Phi) is 6.77. The molecule has 41 heavy (non-hydrogen) atoms. The number of hydrogen-bond acceptors (Lipinski definition) is 9. The number of fused-ring (bicyclic) bond motifs is 1. The fraction of sp³-hybridized carbons (Fsp3) is 0.103. The van der Waals surface area contributed by atoms with Crippen molar-refractivity contribution in [1.29, 1.82) is 0 Å². The highest BCUT2D eigenvalue weighted by Crippen LogP contribution is 2.33. The number of esters is 1. The molecular formula is C29H21N5O5S2. The smallest absolute Gasteiger partial charge is 0.338 e. The Morgan fingerprint density at radius 3 is 2.63 bits per heavy atom. The lowest BCUT2D eigenvalue weighted by molar-refractivity contribution is -0.384. The minimum atomic E-state index is -0.677. The Bertz CT molecular complexity index is 2020. The fourth-order valence-corrected chi connectivity index (χ4v) is 6.61. The van der Waals surface area contributed by atoms with Gasteiger partial charge in [0, 0.05) is 34.3 Å². The molecule has 0 spiro atoms. The molecule has 10 nitrogen and oxygen atoms in total. The van der Waals surface area contributed by atoms with Crippen LogP contribution in [0.4, 0.5) is 5.69 Å². The number of carbonyl (C=O) groups is 1. The fourth-order valence-electron chi connectivity index (χ4n) is 4.75. The van der Waals surface area contributed by atoms with Crippen LogP contribution in [0.2, 0.25) is 0 Å². The lowest BCUT2D eigenvalue weighted by Gasteiger charge is -2.22. The van der Waals surface area contributed by atoms with Crippen LogP contribution < -0.4 is 14.9 Å². The minimum absolute atomic E-state index is 0.0659. The molecule has 6 rings (SSSR count). The zero-order valence-electron chi connectivity index (χ0n) is 21.8. The largest absolute Gasteiger partial charge is 0.466 e. The molecule has 3 aromatic heterocycles. The van der Waals surface area contributed by atoms with Crippen LogP contribution in [0.15, 0.2) is 99.4 Å². The number of para-hydroxylation sites is 1. The molecule has 204 valence electrons. The van der Waals surface area contributed by atoms with Crippen LogP contribution in [0.3, 0.4) is 0 Å². The van der Waals surface area contributed by atoms with Gasteiger partial charge < -0.3 is 4.74 Å². The van der Waals surface area contributed by atoms with E-state index < -0.39 is 16.9 Å². The van der Waals surface area contributed by atoms with Gasteiger partial charge in [-0.3, -0.25) is 19.5 Å². The number of benzene rings is 2. The number of nitrogens with zero attached hydrogens (tertiary/aromatic N) is 5. The summed E-state index contributed by atoms with van der Waals surface area (Å²) in [4.78, 5) is 43.6. The van der Waals surface area contributed by atoms with E-state index in [4.69, 9.17) is 9.84 Å². The number of nitro groups is 1. The highest BCUT2D eigenvalue weighted by atomic mass is 32.1. The van der Waals surface area contributed by atoms with E-state index in [1.807, 2.05) is 47.8 Å². The summed E-state index contributed by atoms with van der Waals surface area (Å²) < 4.78 is 8.62. The topological polar surface area (TPSA) is 122 Å². The maximum Gasteiger partial charge on any atom is 0.338 e. The molecule has 1 atom stereocenters. The molecule has 1 aliphatic heterocycles. The monoisotopic (exact) mass is 583 g/mol. The van der Waals surface area contributed by atoms with Gasteiger partial charge in [-0.25, -0.2) is 14.5 Å². The number of methoxy groups -OCH3 is 1. The summed E-state index contributed by atoms with van der Waals surface area (Å²) in [5.74, 6) is -0.545. The number of rotatable bonds is 6. The molecule has 1 aliphatic rings. The molecule has 2 aromatic carbocycles. The van der Waals surface area contributed by atoms with Crippen LogP contribution in [-0.4, -0.2) is 32.3 Å². The summed E-state index contributed by atoms with van der Waals surface area (Å²) in [5.41, 5.74) is 2.80. The third-order valence-corrected chi connectivity index (χ3v) is 8.53. The van der Waals surface area contributed by atoms with Gasteiger partial charge in [0.15, 0.2) is 4.80 Å². The van der Waals surface area contributed by atoms with Gasteiger partial charge in [0.05, 0.1) is 33.5 Å². The van der Waals surface area contributed by atoms with E-state index in [2.05, 4.69) is 4.99 Å². The lowest BCUT2D eigenvalue weighted by atomic mass is 10.0. The summed E-state index contributed by atoms with van der Waals surface area (Å²) in [6.45, 7) is 1.73. The second kappa shape index (κ2) is 10.6. The molecule has 5 aromatic rings. The zero-order valence-corrected chi connectivity index (χ0v) is 23.4. The number of thiophene rings is 1. The number of aromatic nitrogens is 3. The SMILES string of the molecule is COC(=O)C1=C(C)N=c2s/c(=C\c3cn(-c4ccccc4)nc3-c3cccc([N+](=O)[O-])c3)c(=O)n2C1c1cccs1. The summed E-state index contributed by atoms with van der Waals surface area (Å²) in [5, 5.41) is 18.1. The molecule has 0 aliphatic carbocycles. The van der Waals surface area contributed by atoms with Crippen molar-refractivity contribution >= 4 is 40.4 Å². The Morgan fingerprint density at radius 2 is 1.93 bits per heavy atom. The predicted octanol–water partition coefficient (Wildman–Crippen LogP) is 4.23. The molecule has 1 unspecified atom stereocenters. The third kappa shape index (κ3) is 4.72. The molecule has 0 N–H and O–H groups in total. The van der Waals surface area contributed by atoms with Gasteiger partial charge >= 0.3 is 5.97 Å². The number of ether oxygens (including phenoxy) is 1. The summed E-state index contributed by atoms with van der Waals surface area (Å²) in [6, 6.07) is 18.7. The Morgan fingerprint density at radius 1 is 1.12 bits per heavy atom. The molecule has 0 saturated heterocycles. The average molecular weight is 584 g/mol. The second-order valence-electron chi connectivity index (χ2n) is 9.11. The number of nitro benzene ring substituents is 1. The number of thiazole rings is 1. The minimum Gasteiger partial charge on any atom is -0.466 e. The first kappa shape index (κ1) is 26.3. The molecule has 0 radical (unpaired) electrons. The Hall–Kier alpha value is -4.94. The van der Waals surface area contributed by atoms with Crippen LogP contribution in [-0.2, 0) is 9.53 Å². The van der Waals surface area contributed by atoms with Crippen LogP contribution in [0.25, 0.3) is 23.0 Å². The van der Waals surface area contributed by atoms with E-state index in [1.54, 1.807) is 36.0 Å². The van der Waals surface area contributed by atoms with Gasteiger partial charge in [-0.05, 0) is 36.6 Å². The summed E-state index contributed by atoms with van der Waals surface area (Å²) in [7, 11) is 1.30. The van der Waals surface area contributed by atoms with Gasteiger partial charge in [-0.1, -0.05) is 47.7 Å². The molecule has 0 amide bonds. The maximum absolute atomic E-state index is 14.0. The van der Waals surface area contributed by atoms with E-state index >= 15 is 0 Å². The standard InChI is InChI=1S/C29H21N5O5S2/c1-17-24(28(36)39-2)26(22-12-7-13-40-22)33-27(35)23(41-29(33)30-17)15-19-16-32(20-9-4-3-5-10-20)31-25(19)18-8-6-11-21(14-18)34(37)38/h3-16,26H,1-2H3/b23-15-. The highest BCUT2D eigenvalue weighted by Gasteiger charge is 2.33. The van der Waals surface area contributed by atoms with E-state index in [9.17, 15) is 19.7 Å². The van der Waals surface area contributed by atoms with Crippen molar-refractivity contribution in [3.63, 3.8) is 0 Å². The van der Waals surface area contributed by atoms with Gasteiger partial charge in [0.25, 0.3) is 11.2 Å². The van der Waals surface area contributed by atoms with Crippen molar-refractivity contribution < 1.29 is 14.5 Å². The Balaban J connectivity index is 1.57. The van der Waals surface area contributed by atoms with Crippen LogP contribution in [0.5, 0.6) is 0 Å². The molecule has 0 saturated carbocycles. The lowest BCUT2D eigenvalue weighted by Crippen LogP contribution is -2.39. The molecule has 0 fully saturated rings. The van der Waals surface area contributed by atoms with Gasteiger partial charge in [0.2, 0.25) is 0 Å². The van der Waals surface area contributed by atoms with Gasteiger partial charge in [-0.2, -0.15) is 5.10 Å². The molecule has 12 heteroatoms. The quantitative estimate of drug-likeness (QED) is 0.168. The summed E-state index contributed by atoms with van der Waals surface area (Å²) >= 11 is 2.64. The van der Waals surface area contributed by atoms with E-state index in [-0.39, 0.29) is 11.2 Å². The van der Waals surface area contributed by atoms with E-state index in [0.717, 1.165) is 10.6 Å². The first-order valence-electron chi connectivity index (χ1n) is 12.4. The third-order valence-electron chi connectivity index (χ3n) is 6.62. The van der Waals surface area contributed by atoms with Crippen LogP contribution >= 0.6 is 22.7 Å². The molecule has 0 bridgehead atoms. The van der Waals surface area contributed by atoms with Crippen molar-refractivity contribution in [2.24, 2.45) is 4.99 Å². The van der Waals surface area contributed by atoms with Crippen molar-refractivity contribution in [1.82, 2.24) is 14.3 Å². The predicted molar refractivity (Wildman–Crippen MR) is 156 cm³/mol. The number of allylic oxidation sites excluding steroid dienone is 1. The zero-order chi connectivity index (χ0) is 28.7. The maximum atomic E-state index is 14.0. The van der Waals surface area contributed by atoms with Crippen molar-refractivity contribution in [2.75, 3.05) is 7.11 Å². The highest BCUT2D eigenvalue weighted by molar-refractivity contribution is 7.10. The van der Waals surface area contributed by atoms with Crippen molar-refractivity contribution in [3.8, 4) is 16.9 Å². The van der Waals surface area contributed by atoms with Gasteiger partial charge in [-0.15, -0.1) is 11.3 Å². The van der Waals surface area contributed by atoms with Gasteiger partial charge in [0.1, 0.15) is 11.7 Å². The van der Waals surface area contributed by atoms with E-state index in [1.165, 1.54) is 46.5 Å². The summed E-state index contributed by atoms with van der Waals surface area (Å²) in [6.07, 6.45) is 3.50. The second-order valence-corrected chi connectivity index (χ2v) is 11.1. The number of non-ortho nitro benzene ring substituents is 1. The normalized spacial score (nSPS) is 15.0. The van der Waals surface area contributed by atoms with Crippen LogP contribution in [0, 0.1) is 10.1 Å². The van der Waals surface area contributed by atoms with Crippen molar-refractivity contribution in [3.05, 3.63) is 130 Å². The first-order valence-corrected chi connectivity index (χ1v) is 14.1. The first-order chi connectivity index (χ1) is 19.9. The Labute approximate surface area is 240 Å². The average Bonchev–Trinajstić information content (AvgIpc) is 3.73. The number of carbonyl (C=O) groups excluding carboxylic acids is 1. The molecule has 4 heterocycles. The number of hydrogen-bond donors (Lipinski definition) is 0. The van der Waals surface area contributed by atoms with Crippen molar-refractivity contribution in [2.45, 2.75) is 13.0 Å². The van der Waals surface area contributed by atoms with E-state index in [0.29, 0.717) is 37.4 Å². The van der Waals surface area contributed by atoms with Crippen LogP contribution in [0.1, 0.15) is 23.4 Å². The molecular weight excluding hydrogens is 562 g/mol.